The fraction of sp³-hybridized carbons (Fsp3) is 0.560. The van der Waals surface area contributed by atoms with Crippen LogP contribution in [0.3, 0.4) is 0 Å². The van der Waals surface area contributed by atoms with Gasteiger partial charge in [-0.15, -0.1) is 0 Å². The predicted molar refractivity (Wildman–Crippen MR) is 135 cm³/mol. The summed E-state index contributed by atoms with van der Waals surface area (Å²) in [7, 11) is 0. The highest BCUT2D eigenvalue weighted by Gasteiger charge is 2.44. The van der Waals surface area contributed by atoms with Gasteiger partial charge < -0.3 is 24.8 Å². The molecule has 2 fully saturated rings. The van der Waals surface area contributed by atoms with E-state index in [1.165, 1.54) is 12.0 Å². The highest BCUT2D eigenvalue weighted by molar-refractivity contribution is 5.73. The Morgan fingerprint density at radius 1 is 0.913 bits per heavy atom. The lowest BCUT2D eigenvalue weighted by atomic mass is 10.0. The van der Waals surface area contributed by atoms with E-state index in [1.54, 1.807) is 0 Å². The summed E-state index contributed by atoms with van der Waals surface area (Å²) in [6.07, 6.45) is -4.00. The molecule has 0 saturated carbocycles. The molecule has 0 spiro atoms. The number of hydrogen-bond acceptors (Lipinski definition) is 8. The lowest BCUT2D eigenvalue weighted by Gasteiger charge is -2.32. The summed E-state index contributed by atoms with van der Waals surface area (Å²) in [4.78, 5) is 33.4. The molecule has 0 amide bonds. The van der Waals surface area contributed by atoms with Crippen LogP contribution in [0, 0.1) is 0 Å². The van der Waals surface area contributed by atoms with Gasteiger partial charge >= 0.3 is 36.4 Å². The Kier molecular flexibility index (Phi) is 15.9. The maximum Gasteiger partial charge on any atom is 0.490 e. The fourth-order valence-electron chi connectivity index (χ4n) is 3.95. The second-order valence-corrected chi connectivity index (χ2v) is 9.28. The van der Waals surface area contributed by atoms with Crippen LogP contribution in [0.1, 0.15) is 24.8 Å². The number of carboxylic acids is 3. The van der Waals surface area contributed by atoms with Gasteiger partial charge in [0.2, 0.25) is 0 Å². The molecule has 2 aromatic heterocycles. The number of aliphatic carboxylic acids is 3. The van der Waals surface area contributed by atoms with Crippen LogP contribution in [0.4, 0.5) is 39.5 Å². The zero-order valence-electron chi connectivity index (χ0n) is 23.5. The summed E-state index contributed by atoms with van der Waals surface area (Å²) >= 11 is 0. The van der Waals surface area contributed by atoms with Gasteiger partial charge in [0.1, 0.15) is 6.10 Å². The normalized spacial score (nSPS) is 19.6. The Hall–Kier alpha value is -3.98. The number of likely N-dealkylation sites (tertiary alicyclic amines) is 1. The number of ether oxygens (including phenoxy) is 2. The van der Waals surface area contributed by atoms with Crippen molar-refractivity contribution in [2.75, 3.05) is 19.8 Å². The smallest absolute Gasteiger partial charge is 0.475 e. The molecule has 46 heavy (non-hydrogen) atoms. The maximum atomic E-state index is 10.6. The third-order valence-corrected chi connectivity index (χ3v) is 5.84. The standard InChI is InChI=1S/C19H26N4O2.3C2HF3O2/c1-5-16(13-20-7-1)14-22-15-18(19-17(22)6-2-11-25-19)24-12-4-10-23-9-3-8-21-23;3*3-2(4,5)1(6)7/h1,3,5,7-9,13,17-19H,2,4,6,10-12,14-15H2;3*(H,6,7)/t17-,18-,19+;;;/m1.../s1. The molecule has 0 aromatic carbocycles. The molecule has 260 valence electrons. The van der Waals surface area contributed by atoms with Crippen molar-refractivity contribution in [3.05, 3.63) is 48.5 Å². The van der Waals surface area contributed by atoms with E-state index in [0.29, 0.717) is 6.04 Å². The molecule has 4 heterocycles. The van der Waals surface area contributed by atoms with Crippen LogP contribution < -0.4 is 0 Å². The Morgan fingerprint density at radius 2 is 1.48 bits per heavy atom. The predicted octanol–water partition coefficient (Wildman–Crippen LogP) is 4.02. The number of aromatic nitrogens is 3. The van der Waals surface area contributed by atoms with E-state index in [1.807, 2.05) is 41.6 Å². The van der Waals surface area contributed by atoms with Gasteiger partial charge in [-0.25, -0.2) is 14.4 Å². The molecule has 0 aliphatic carbocycles. The molecule has 0 radical (unpaired) electrons. The Balaban J connectivity index is 0.000000413. The van der Waals surface area contributed by atoms with E-state index >= 15 is 0 Å². The number of hydrogen-bond donors (Lipinski definition) is 3. The van der Waals surface area contributed by atoms with Crippen molar-refractivity contribution < 1.29 is 78.7 Å². The van der Waals surface area contributed by atoms with Crippen LogP contribution in [0.2, 0.25) is 0 Å². The summed E-state index contributed by atoms with van der Waals surface area (Å²) < 4.78 is 109. The van der Waals surface area contributed by atoms with Crippen molar-refractivity contribution in [1.29, 1.82) is 0 Å². The quantitative estimate of drug-likeness (QED) is 0.285. The SMILES string of the molecule is O=C(O)C(F)(F)F.O=C(O)C(F)(F)F.O=C(O)C(F)(F)F.c1cncc(CN2C[C@@H](OCCCn3cccn3)[C@H]3OCCC[C@H]32)c1. The molecule has 3 N–H and O–H groups in total. The summed E-state index contributed by atoms with van der Waals surface area (Å²) in [5.41, 5.74) is 1.26. The zero-order chi connectivity index (χ0) is 35.1. The third-order valence-electron chi connectivity index (χ3n) is 5.84. The molecule has 0 unspecified atom stereocenters. The highest BCUT2D eigenvalue weighted by atomic mass is 19.4. The van der Waals surface area contributed by atoms with Crippen LogP contribution in [0.5, 0.6) is 0 Å². The van der Waals surface area contributed by atoms with Gasteiger partial charge in [-0.3, -0.25) is 14.6 Å². The molecular weight excluding hydrogens is 655 g/mol. The number of halogens is 9. The molecule has 12 nitrogen and oxygen atoms in total. The molecule has 21 heteroatoms. The van der Waals surface area contributed by atoms with Crippen molar-refractivity contribution in [3.8, 4) is 0 Å². The number of carbonyl (C=O) groups is 3. The monoisotopic (exact) mass is 684 g/mol. The molecule has 3 atom stereocenters. The fourth-order valence-corrected chi connectivity index (χ4v) is 3.95. The van der Waals surface area contributed by atoms with E-state index in [-0.39, 0.29) is 12.2 Å². The lowest BCUT2D eigenvalue weighted by molar-refractivity contribution is -0.193. The van der Waals surface area contributed by atoms with Crippen molar-refractivity contribution in [2.45, 2.75) is 69.1 Å². The van der Waals surface area contributed by atoms with Crippen LogP contribution in [0.25, 0.3) is 0 Å². The lowest BCUT2D eigenvalue weighted by Crippen LogP contribution is -2.41. The van der Waals surface area contributed by atoms with E-state index in [9.17, 15) is 39.5 Å². The number of aryl methyl sites for hydroxylation is 1. The minimum atomic E-state index is -5.08. The molecule has 2 aliphatic heterocycles. The average Bonchev–Trinajstić information content (AvgIpc) is 3.59. The van der Waals surface area contributed by atoms with Crippen LogP contribution in [-0.2, 0) is 36.9 Å². The van der Waals surface area contributed by atoms with E-state index in [0.717, 1.165) is 45.7 Å². The molecule has 0 bridgehead atoms. The second-order valence-electron chi connectivity index (χ2n) is 9.28. The zero-order valence-corrected chi connectivity index (χ0v) is 23.5. The third kappa shape index (κ3) is 15.3. The van der Waals surface area contributed by atoms with Gasteiger partial charge in [0.15, 0.2) is 0 Å². The first kappa shape index (κ1) is 40.0. The van der Waals surface area contributed by atoms with Gasteiger partial charge in [0.25, 0.3) is 0 Å². The number of alkyl halides is 9. The highest BCUT2D eigenvalue weighted by Crippen LogP contribution is 2.31. The minimum absolute atomic E-state index is 0.166. The molecular formula is C25H29F9N4O8. The van der Waals surface area contributed by atoms with E-state index < -0.39 is 36.4 Å². The number of carboxylic acid groups (broad SMARTS) is 3. The van der Waals surface area contributed by atoms with Crippen molar-refractivity contribution in [3.63, 3.8) is 0 Å². The van der Waals surface area contributed by atoms with Crippen molar-refractivity contribution in [2.24, 2.45) is 0 Å². The summed E-state index contributed by atoms with van der Waals surface area (Å²) in [5, 5.41) is 25.6. The average molecular weight is 685 g/mol. The first-order valence-corrected chi connectivity index (χ1v) is 13.0. The van der Waals surface area contributed by atoms with Crippen LogP contribution in [0.15, 0.2) is 43.0 Å². The first-order chi connectivity index (χ1) is 21.2. The molecule has 4 rings (SSSR count). The number of nitrogens with zero attached hydrogens (tertiary/aromatic N) is 4. The first-order valence-electron chi connectivity index (χ1n) is 13.0. The van der Waals surface area contributed by atoms with Gasteiger partial charge in [0, 0.05) is 63.7 Å². The summed E-state index contributed by atoms with van der Waals surface area (Å²) in [6.45, 7) is 4.36. The van der Waals surface area contributed by atoms with Gasteiger partial charge in [-0.1, -0.05) is 6.07 Å². The van der Waals surface area contributed by atoms with E-state index in [2.05, 4.69) is 21.0 Å². The Bertz CT molecular complexity index is 1140. The van der Waals surface area contributed by atoms with Crippen molar-refractivity contribution in [1.82, 2.24) is 19.7 Å². The molecule has 2 saturated heterocycles. The van der Waals surface area contributed by atoms with Gasteiger partial charge in [-0.05, 0) is 37.0 Å². The summed E-state index contributed by atoms with van der Waals surface area (Å²) in [6, 6.07) is 6.56. The maximum absolute atomic E-state index is 10.6. The van der Waals surface area contributed by atoms with Crippen LogP contribution in [-0.4, -0.2) is 109 Å². The topological polar surface area (TPSA) is 164 Å². The molecule has 2 aliphatic rings. The van der Waals surface area contributed by atoms with Gasteiger partial charge in [-0.2, -0.15) is 44.6 Å². The second kappa shape index (κ2) is 18.2. The van der Waals surface area contributed by atoms with E-state index in [4.69, 9.17) is 39.2 Å². The number of rotatable bonds is 7. The van der Waals surface area contributed by atoms with Crippen LogP contribution >= 0.6 is 0 Å². The minimum Gasteiger partial charge on any atom is -0.475 e. The molecule has 2 aromatic rings. The summed E-state index contributed by atoms with van der Waals surface area (Å²) in [5.74, 6) is -8.27. The number of fused-ring (bicyclic) bond motifs is 1. The number of pyridine rings is 1. The van der Waals surface area contributed by atoms with Gasteiger partial charge in [0.05, 0.1) is 6.10 Å². The Morgan fingerprint density at radius 3 is 1.93 bits per heavy atom. The van der Waals surface area contributed by atoms with Crippen molar-refractivity contribution >= 4 is 17.9 Å². The largest absolute Gasteiger partial charge is 0.490 e. The Labute approximate surface area is 254 Å².